The fourth-order valence-electron chi connectivity index (χ4n) is 2.06. The molecule has 0 saturated carbocycles. The van der Waals surface area contributed by atoms with Crippen molar-refractivity contribution in [3.05, 3.63) is 53.6 Å². The molecule has 0 unspecified atom stereocenters. The van der Waals surface area contributed by atoms with Gasteiger partial charge in [-0.25, -0.2) is 0 Å². The van der Waals surface area contributed by atoms with E-state index < -0.39 is 20.9 Å². The molecule has 0 aliphatic heterocycles. The summed E-state index contributed by atoms with van der Waals surface area (Å²) in [5.74, 6) is -0.694. The van der Waals surface area contributed by atoms with Crippen LogP contribution in [-0.4, -0.2) is 31.7 Å². The lowest BCUT2D eigenvalue weighted by Gasteiger charge is -2.11. The summed E-state index contributed by atoms with van der Waals surface area (Å²) in [5.41, 5.74) is 1.22. The summed E-state index contributed by atoms with van der Waals surface area (Å²) in [6.07, 6.45) is 0. The molecule has 0 spiro atoms. The number of nitrogens with one attached hydrogen (secondary N) is 2. The van der Waals surface area contributed by atoms with Gasteiger partial charge in [-0.2, -0.15) is 8.42 Å². The highest BCUT2D eigenvalue weighted by molar-refractivity contribution is 7.86. The molecule has 2 rings (SSSR count). The van der Waals surface area contributed by atoms with Gasteiger partial charge >= 0.3 is 0 Å². The van der Waals surface area contributed by atoms with Crippen LogP contribution in [0.2, 0.25) is 0 Å². The highest BCUT2D eigenvalue weighted by atomic mass is 32.2. The number of benzene rings is 2. The van der Waals surface area contributed by atoms with Gasteiger partial charge in [0, 0.05) is 23.9 Å². The molecule has 0 saturated heterocycles. The Morgan fingerprint density at radius 2 is 1.58 bits per heavy atom. The van der Waals surface area contributed by atoms with Crippen LogP contribution in [-0.2, 0) is 10.1 Å². The van der Waals surface area contributed by atoms with E-state index in [0.29, 0.717) is 11.3 Å². The van der Waals surface area contributed by atoms with Crippen molar-refractivity contribution in [2.45, 2.75) is 11.8 Å². The number of anilines is 2. The highest BCUT2D eigenvalue weighted by Crippen LogP contribution is 2.25. The minimum atomic E-state index is -4.49. The van der Waals surface area contributed by atoms with Gasteiger partial charge in [-0.05, 0) is 37.3 Å². The molecule has 0 bridgehead atoms. The van der Waals surface area contributed by atoms with E-state index in [2.05, 4.69) is 10.6 Å². The van der Waals surface area contributed by atoms with Gasteiger partial charge in [-0.1, -0.05) is 12.1 Å². The van der Waals surface area contributed by atoms with Crippen molar-refractivity contribution in [2.24, 2.45) is 0 Å². The van der Waals surface area contributed by atoms with Crippen LogP contribution in [0.5, 0.6) is 0 Å². The van der Waals surface area contributed by atoms with Crippen LogP contribution >= 0.6 is 0 Å². The van der Waals surface area contributed by atoms with Crippen LogP contribution in [0.1, 0.15) is 27.6 Å². The molecule has 2 aromatic carbocycles. The van der Waals surface area contributed by atoms with Crippen LogP contribution < -0.4 is 10.6 Å². The Labute approximate surface area is 139 Å². The standard InChI is InChI=1S/C16H16N2O5S/c1-10(19)11-3-5-12(6-4-11)16(20)18-14-9-13(17-2)7-8-15(14)24(21,22)23/h3-9,17H,1-2H3,(H,18,20)(H,21,22,23). The number of carbonyl (C=O) groups is 2. The Balaban J connectivity index is 2.35. The van der Waals surface area contributed by atoms with Gasteiger partial charge in [-0.3, -0.25) is 14.1 Å². The summed E-state index contributed by atoms with van der Waals surface area (Å²) >= 11 is 0. The maximum Gasteiger partial charge on any atom is 0.296 e. The van der Waals surface area contributed by atoms with Crippen molar-refractivity contribution >= 4 is 33.2 Å². The molecule has 0 aliphatic carbocycles. The normalized spacial score (nSPS) is 11.0. The van der Waals surface area contributed by atoms with E-state index >= 15 is 0 Å². The largest absolute Gasteiger partial charge is 0.388 e. The van der Waals surface area contributed by atoms with Gasteiger partial charge in [0.05, 0.1) is 5.69 Å². The Kier molecular flexibility index (Phi) is 5.01. The van der Waals surface area contributed by atoms with E-state index in [4.69, 9.17) is 0 Å². The predicted molar refractivity (Wildman–Crippen MR) is 90.2 cm³/mol. The fourth-order valence-corrected chi connectivity index (χ4v) is 2.69. The summed E-state index contributed by atoms with van der Waals surface area (Å²) in [7, 11) is -2.86. The first kappa shape index (κ1) is 17.6. The quantitative estimate of drug-likeness (QED) is 0.565. The zero-order valence-corrected chi connectivity index (χ0v) is 13.8. The molecule has 0 fully saturated rings. The van der Waals surface area contributed by atoms with Crippen molar-refractivity contribution in [1.82, 2.24) is 0 Å². The second kappa shape index (κ2) is 6.81. The molecular formula is C16H16N2O5S. The van der Waals surface area contributed by atoms with E-state index in [1.54, 1.807) is 7.05 Å². The minimum absolute atomic E-state index is 0.0509. The molecule has 0 aromatic heterocycles. The summed E-state index contributed by atoms with van der Waals surface area (Å²) in [6.45, 7) is 1.41. The van der Waals surface area contributed by atoms with E-state index in [9.17, 15) is 22.6 Å². The smallest absolute Gasteiger partial charge is 0.296 e. The zero-order chi connectivity index (χ0) is 17.9. The molecule has 0 atom stereocenters. The van der Waals surface area contributed by atoms with E-state index in [1.165, 1.54) is 49.4 Å². The maximum absolute atomic E-state index is 12.3. The van der Waals surface area contributed by atoms with Crippen molar-refractivity contribution in [3.63, 3.8) is 0 Å². The predicted octanol–water partition coefficient (Wildman–Crippen LogP) is 2.43. The van der Waals surface area contributed by atoms with Gasteiger partial charge in [0.25, 0.3) is 16.0 Å². The van der Waals surface area contributed by atoms with Gasteiger partial charge in [-0.15, -0.1) is 0 Å². The highest BCUT2D eigenvalue weighted by Gasteiger charge is 2.18. The SMILES string of the molecule is CNc1ccc(S(=O)(=O)O)c(NC(=O)c2ccc(C(C)=O)cc2)c1. The van der Waals surface area contributed by atoms with Gasteiger partial charge in [0.2, 0.25) is 0 Å². The lowest BCUT2D eigenvalue weighted by Crippen LogP contribution is -2.15. The average Bonchev–Trinajstić information content (AvgIpc) is 2.53. The second-order valence-corrected chi connectivity index (χ2v) is 6.41. The Hall–Kier alpha value is -2.71. The third kappa shape index (κ3) is 3.98. The lowest BCUT2D eigenvalue weighted by atomic mass is 10.1. The van der Waals surface area contributed by atoms with Crippen LogP contribution in [0, 0.1) is 0 Å². The van der Waals surface area contributed by atoms with Crippen molar-refractivity contribution < 1.29 is 22.6 Å². The molecular weight excluding hydrogens is 332 g/mol. The van der Waals surface area contributed by atoms with Crippen LogP contribution in [0.25, 0.3) is 0 Å². The molecule has 7 nitrogen and oxygen atoms in total. The molecule has 2 aromatic rings. The van der Waals surface area contributed by atoms with E-state index in [-0.39, 0.29) is 17.0 Å². The first-order valence-corrected chi connectivity index (χ1v) is 8.38. The van der Waals surface area contributed by atoms with Crippen LogP contribution in [0.3, 0.4) is 0 Å². The monoisotopic (exact) mass is 348 g/mol. The molecule has 3 N–H and O–H groups in total. The van der Waals surface area contributed by atoms with Gasteiger partial charge < -0.3 is 10.6 Å². The first-order chi connectivity index (χ1) is 11.2. The van der Waals surface area contributed by atoms with Crippen molar-refractivity contribution in [2.75, 3.05) is 17.7 Å². The number of hydrogen-bond acceptors (Lipinski definition) is 5. The van der Waals surface area contributed by atoms with Gasteiger partial charge in [0.1, 0.15) is 4.90 Å². The van der Waals surface area contributed by atoms with Crippen LogP contribution in [0.15, 0.2) is 47.4 Å². The van der Waals surface area contributed by atoms with E-state index in [1.807, 2.05) is 0 Å². The second-order valence-electron chi connectivity index (χ2n) is 5.02. The third-order valence-electron chi connectivity index (χ3n) is 3.35. The molecule has 0 aliphatic rings. The first-order valence-electron chi connectivity index (χ1n) is 6.94. The number of rotatable bonds is 5. The number of Topliss-reactive ketones (excluding diaryl/α,β-unsaturated/α-hetero) is 1. The minimum Gasteiger partial charge on any atom is -0.388 e. The summed E-state index contributed by atoms with van der Waals surface area (Å²) in [4.78, 5) is 23.1. The fraction of sp³-hybridized carbons (Fsp3) is 0.125. The molecule has 1 amide bonds. The molecule has 24 heavy (non-hydrogen) atoms. The summed E-state index contributed by atoms with van der Waals surface area (Å²) in [6, 6.07) is 9.97. The number of hydrogen-bond donors (Lipinski definition) is 3. The van der Waals surface area contributed by atoms with Gasteiger partial charge in [0.15, 0.2) is 5.78 Å². The lowest BCUT2D eigenvalue weighted by molar-refractivity contribution is 0.100. The number of ketones is 1. The summed E-state index contributed by atoms with van der Waals surface area (Å²) in [5, 5.41) is 5.27. The van der Waals surface area contributed by atoms with Crippen LogP contribution in [0.4, 0.5) is 11.4 Å². The molecule has 0 heterocycles. The topological polar surface area (TPSA) is 113 Å². The summed E-state index contributed by atoms with van der Waals surface area (Å²) < 4.78 is 32.2. The number of amides is 1. The third-order valence-corrected chi connectivity index (χ3v) is 4.26. The Morgan fingerprint density at radius 3 is 2.08 bits per heavy atom. The van der Waals surface area contributed by atoms with E-state index in [0.717, 1.165) is 0 Å². The Bertz CT molecular complexity index is 889. The Morgan fingerprint density at radius 1 is 1.00 bits per heavy atom. The number of carbonyl (C=O) groups excluding carboxylic acids is 2. The van der Waals surface area contributed by atoms with Crippen molar-refractivity contribution in [3.8, 4) is 0 Å². The van der Waals surface area contributed by atoms with Crippen molar-refractivity contribution in [1.29, 1.82) is 0 Å². The molecule has 8 heteroatoms. The maximum atomic E-state index is 12.3. The molecule has 0 radical (unpaired) electrons. The average molecular weight is 348 g/mol. The zero-order valence-electron chi connectivity index (χ0n) is 13.0. The molecule has 126 valence electrons.